The fourth-order valence-corrected chi connectivity index (χ4v) is 2.84. The fraction of sp³-hybridized carbons (Fsp3) is 0.611. The van der Waals surface area contributed by atoms with Crippen LogP contribution in [0.5, 0.6) is 0 Å². The first kappa shape index (κ1) is 20.2. The Hall–Kier alpha value is -0.820. The molecule has 2 N–H and O–H groups in total. The molecule has 0 unspecified atom stereocenters. The molecule has 1 fully saturated rings. The Bertz CT molecular complexity index is 456. The van der Waals surface area contributed by atoms with E-state index in [2.05, 4.69) is 41.8 Å². The van der Waals surface area contributed by atoms with Crippen LogP contribution in [0, 0.1) is 0 Å². The molecule has 0 spiro atoms. The van der Waals surface area contributed by atoms with Crippen LogP contribution in [-0.4, -0.2) is 25.7 Å². The number of aliphatic imine (C=N–C) groups is 1. The average molecular weight is 431 g/mol. The van der Waals surface area contributed by atoms with Crippen molar-refractivity contribution in [2.24, 2.45) is 4.99 Å². The van der Waals surface area contributed by atoms with E-state index in [0.717, 1.165) is 12.5 Å². The van der Waals surface area contributed by atoms with Gasteiger partial charge in [0.15, 0.2) is 5.96 Å². The van der Waals surface area contributed by atoms with Gasteiger partial charge in [-0.15, -0.1) is 24.0 Å². The van der Waals surface area contributed by atoms with Gasteiger partial charge in [0.05, 0.1) is 13.2 Å². The van der Waals surface area contributed by atoms with Crippen molar-refractivity contribution in [2.75, 3.05) is 13.7 Å². The zero-order chi connectivity index (χ0) is 15.6. The summed E-state index contributed by atoms with van der Waals surface area (Å²) in [6, 6.07) is 9.05. The van der Waals surface area contributed by atoms with E-state index < -0.39 is 0 Å². The van der Waals surface area contributed by atoms with Gasteiger partial charge in [-0.2, -0.15) is 0 Å². The number of nitrogens with one attached hydrogen (secondary N) is 2. The largest absolute Gasteiger partial charge is 0.380 e. The molecule has 1 aliphatic carbocycles. The van der Waals surface area contributed by atoms with Gasteiger partial charge >= 0.3 is 0 Å². The molecule has 1 aromatic carbocycles. The van der Waals surface area contributed by atoms with Crippen LogP contribution in [0.25, 0.3) is 0 Å². The summed E-state index contributed by atoms with van der Waals surface area (Å²) in [4.78, 5) is 4.72. The molecule has 2 rings (SSSR count). The highest BCUT2D eigenvalue weighted by molar-refractivity contribution is 14.0. The first-order valence-electron chi connectivity index (χ1n) is 8.43. The Morgan fingerprint density at radius 1 is 1.13 bits per heavy atom. The lowest BCUT2D eigenvalue weighted by molar-refractivity contribution is 0.185. The van der Waals surface area contributed by atoms with Crippen LogP contribution in [0.3, 0.4) is 0 Å². The molecule has 0 atom stereocenters. The topological polar surface area (TPSA) is 45.7 Å². The summed E-state index contributed by atoms with van der Waals surface area (Å²) in [6.45, 7) is 4.37. The SMILES string of the molecule is CCNC(=NCc1ccc(COC)cc1)NC1CCCCC1.I. The highest BCUT2D eigenvalue weighted by Gasteiger charge is 2.14. The highest BCUT2D eigenvalue weighted by Crippen LogP contribution is 2.17. The average Bonchev–Trinajstić information content (AvgIpc) is 2.55. The van der Waals surface area contributed by atoms with E-state index in [1.54, 1.807) is 7.11 Å². The predicted molar refractivity (Wildman–Crippen MR) is 107 cm³/mol. The van der Waals surface area contributed by atoms with Crippen molar-refractivity contribution >= 4 is 29.9 Å². The van der Waals surface area contributed by atoms with Crippen molar-refractivity contribution in [3.05, 3.63) is 35.4 Å². The molecule has 1 aromatic rings. The quantitative estimate of drug-likeness (QED) is 0.409. The van der Waals surface area contributed by atoms with Crippen molar-refractivity contribution < 1.29 is 4.74 Å². The molecule has 130 valence electrons. The Labute approximate surface area is 157 Å². The molecular formula is C18H30IN3O. The molecule has 0 heterocycles. The Morgan fingerprint density at radius 3 is 2.39 bits per heavy atom. The lowest BCUT2D eigenvalue weighted by atomic mass is 9.96. The molecule has 1 saturated carbocycles. The standard InChI is InChI=1S/C18H29N3O.HI/c1-3-19-18(21-17-7-5-4-6-8-17)20-13-15-9-11-16(12-10-15)14-22-2;/h9-12,17H,3-8,13-14H2,1-2H3,(H2,19,20,21);1H. The Kier molecular flexibility index (Phi) is 10.3. The fourth-order valence-electron chi connectivity index (χ4n) is 2.84. The maximum absolute atomic E-state index is 5.13. The summed E-state index contributed by atoms with van der Waals surface area (Å²) >= 11 is 0. The van der Waals surface area contributed by atoms with E-state index in [0.29, 0.717) is 19.2 Å². The first-order valence-corrected chi connectivity index (χ1v) is 8.43. The maximum atomic E-state index is 5.13. The Balaban J connectivity index is 0.00000264. The molecule has 5 heteroatoms. The third-order valence-electron chi connectivity index (χ3n) is 4.04. The zero-order valence-corrected chi connectivity index (χ0v) is 16.6. The van der Waals surface area contributed by atoms with Crippen LogP contribution in [0.15, 0.2) is 29.3 Å². The molecule has 4 nitrogen and oxygen atoms in total. The smallest absolute Gasteiger partial charge is 0.191 e. The molecule has 23 heavy (non-hydrogen) atoms. The van der Waals surface area contributed by atoms with E-state index in [1.165, 1.54) is 43.2 Å². The second-order valence-electron chi connectivity index (χ2n) is 5.92. The number of rotatable bonds is 6. The van der Waals surface area contributed by atoms with Gasteiger partial charge < -0.3 is 15.4 Å². The number of hydrogen-bond acceptors (Lipinski definition) is 2. The second kappa shape index (κ2) is 11.7. The van der Waals surface area contributed by atoms with E-state index in [-0.39, 0.29) is 24.0 Å². The summed E-state index contributed by atoms with van der Waals surface area (Å²) in [5, 5.41) is 6.93. The summed E-state index contributed by atoms with van der Waals surface area (Å²) < 4.78 is 5.13. The van der Waals surface area contributed by atoms with Crippen molar-refractivity contribution in [3.8, 4) is 0 Å². The van der Waals surface area contributed by atoms with Crippen LogP contribution < -0.4 is 10.6 Å². The molecule has 0 aliphatic heterocycles. The lowest BCUT2D eigenvalue weighted by Gasteiger charge is -2.24. The molecule has 1 aliphatic rings. The third-order valence-corrected chi connectivity index (χ3v) is 4.04. The molecule has 0 bridgehead atoms. The summed E-state index contributed by atoms with van der Waals surface area (Å²) in [5.41, 5.74) is 2.42. The van der Waals surface area contributed by atoms with Gasteiger partial charge in [-0.1, -0.05) is 43.5 Å². The van der Waals surface area contributed by atoms with Crippen LogP contribution in [-0.2, 0) is 17.9 Å². The van der Waals surface area contributed by atoms with Gasteiger partial charge in [-0.25, -0.2) is 4.99 Å². The van der Waals surface area contributed by atoms with Gasteiger partial charge in [-0.3, -0.25) is 0 Å². The van der Waals surface area contributed by atoms with Crippen LogP contribution in [0.2, 0.25) is 0 Å². The highest BCUT2D eigenvalue weighted by atomic mass is 127. The van der Waals surface area contributed by atoms with Gasteiger partial charge in [0.25, 0.3) is 0 Å². The van der Waals surface area contributed by atoms with Crippen LogP contribution in [0.1, 0.15) is 50.2 Å². The summed E-state index contributed by atoms with van der Waals surface area (Å²) in [6.07, 6.45) is 6.56. The minimum Gasteiger partial charge on any atom is -0.380 e. The van der Waals surface area contributed by atoms with Crippen LogP contribution in [0.4, 0.5) is 0 Å². The molecule has 0 amide bonds. The van der Waals surface area contributed by atoms with E-state index in [9.17, 15) is 0 Å². The monoisotopic (exact) mass is 431 g/mol. The van der Waals surface area contributed by atoms with Crippen LogP contribution >= 0.6 is 24.0 Å². The number of ether oxygens (including phenoxy) is 1. The van der Waals surface area contributed by atoms with Gasteiger partial charge in [0.1, 0.15) is 0 Å². The Morgan fingerprint density at radius 2 is 1.78 bits per heavy atom. The number of halogens is 1. The zero-order valence-electron chi connectivity index (χ0n) is 14.3. The first-order chi connectivity index (χ1) is 10.8. The van der Waals surface area contributed by atoms with Crippen molar-refractivity contribution in [1.29, 1.82) is 0 Å². The van der Waals surface area contributed by atoms with Crippen molar-refractivity contribution in [2.45, 2.75) is 58.2 Å². The number of nitrogens with zero attached hydrogens (tertiary/aromatic N) is 1. The lowest BCUT2D eigenvalue weighted by Crippen LogP contribution is -2.44. The van der Waals surface area contributed by atoms with E-state index in [1.807, 2.05) is 0 Å². The molecule has 0 saturated heterocycles. The number of methoxy groups -OCH3 is 1. The normalized spacial score (nSPS) is 15.8. The van der Waals surface area contributed by atoms with Gasteiger partial charge in [0, 0.05) is 19.7 Å². The van der Waals surface area contributed by atoms with Crippen molar-refractivity contribution in [1.82, 2.24) is 10.6 Å². The predicted octanol–water partition coefficient (Wildman–Crippen LogP) is 3.84. The van der Waals surface area contributed by atoms with Gasteiger partial charge in [-0.05, 0) is 30.9 Å². The minimum atomic E-state index is 0. The minimum absolute atomic E-state index is 0. The number of benzene rings is 1. The molecule has 0 aromatic heterocycles. The van der Waals surface area contributed by atoms with Crippen molar-refractivity contribution in [3.63, 3.8) is 0 Å². The number of guanidine groups is 1. The molecule has 0 radical (unpaired) electrons. The maximum Gasteiger partial charge on any atom is 0.191 e. The van der Waals surface area contributed by atoms with Gasteiger partial charge in [0.2, 0.25) is 0 Å². The van der Waals surface area contributed by atoms with E-state index >= 15 is 0 Å². The molecular weight excluding hydrogens is 401 g/mol. The summed E-state index contributed by atoms with van der Waals surface area (Å²) in [5.74, 6) is 0.940. The van der Waals surface area contributed by atoms with E-state index in [4.69, 9.17) is 9.73 Å². The second-order valence-corrected chi connectivity index (χ2v) is 5.92. The number of hydrogen-bond donors (Lipinski definition) is 2. The summed E-state index contributed by atoms with van der Waals surface area (Å²) in [7, 11) is 1.72. The third kappa shape index (κ3) is 7.52.